The van der Waals surface area contributed by atoms with Gasteiger partial charge in [0.15, 0.2) is 0 Å². The summed E-state index contributed by atoms with van der Waals surface area (Å²) in [6.07, 6.45) is 0.208. The number of aliphatic carboxylic acids is 1. The molecule has 1 fully saturated rings. The fourth-order valence-electron chi connectivity index (χ4n) is 2.21. The normalized spacial score (nSPS) is 29.1. The van der Waals surface area contributed by atoms with Crippen LogP contribution in [0.5, 0.6) is 0 Å². The molecule has 4 nitrogen and oxygen atoms in total. The monoisotopic (exact) mass is 214 g/mol. The molecule has 0 bridgehead atoms. The van der Waals surface area contributed by atoms with E-state index in [2.05, 4.69) is 37.9 Å². The van der Waals surface area contributed by atoms with E-state index in [1.165, 1.54) is 0 Å². The fourth-order valence-corrected chi connectivity index (χ4v) is 2.21. The lowest BCUT2D eigenvalue weighted by atomic mass is 9.98. The zero-order valence-electron chi connectivity index (χ0n) is 10.1. The topological polar surface area (TPSA) is 52.6 Å². The number of rotatable bonds is 2. The van der Waals surface area contributed by atoms with E-state index in [1.54, 1.807) is 0 Å². The molecule has 2 N–H and O–H groups in total. The van der Waals surface area contributed by atoms with Gasteiger partial charge in [0.05, 0.1) is 6.42 Å². The lowest BCUT2D eigenvalue weighted by Gasteiger charge is -2.46. The quantitative estimate of drug-likeness (QED) is 0.718. The van der Waals surface area contributed by atoms with Gasteiger partial charge >= 0.3 is 5.97 Å². The van der Waals surface area contributed by atoms with Gasteiger partial charge in [0.2, 0.25) is 0 Å². The summed E-state index contributed by atoms with van der Waals surface area (Å²) in [6.45, 7) is 10.4. The van der Waals surface area contributed by atoms with Gasteiger partial charge in [0, 0.05) is 30.7 Å². The molecule has 1 rings (SSSR count). The largest absolute Gasteiger partial charge is 0.481 e. The molecule has 0 aromatic carbocycles. The van der Waals surface area contributed by atoms with E-state index in [0.717, 1.165) is 13.1 Å². The van der Waals surface area contributed by atoms with E-state index < -0.39 is 5.97 Å². The number of piperazine rings is 1. The Hall–Kier alpha value is -0.610. The number of carboxylic acids is 1. The van der Waals surface area contributed by atoms with Crippen LogP contribution in [0, 0.1) is 0 Å². The van der Waals surface area contributed by atoms with E-state index in [4.69, 9.17) is 5.11 Å². The first kappa shape index (κ1) is 12.5. The molecular weight excluding hydrogens is 192 g/mol. The van der Waals surface area contributed by atoms with Gasteiger partial charge in [0.25, 0.3) is 0 Å². The summed E-state index contributed by atoms with van der Waals surface area (Å²) in [6, 6.07) is 0.549. The first-order valence-electron chi connectivity index (χ1n) is 5.52. The van der Waals surface area contributed by atoms with Gasteiger partial charge in [-0.05, 0) is 27.7 Å². The first-order valence-corrected chi connectivity index (χ1v) is 5.52. The molecule has 1 aliphatic heterocycles. The second-order valence-corrected chi connectivity index (χ2v) is 5.38. The molecular formula is C11H22N2O2. The molecule has 1 heterocycles. The molecule has 1 saturated heterocycles. The highest BCUT2D eigenvalue weighted by Gasteiger charge is 2.32. The minimum Gasteiger partial charge on any atom is -0.481 e. The zero-order valence-corrected chi connectivity index (χ0v) is 10.1. The van der Waals surface area contributed by atoms with Gasteiger partial charge < -0.3 is 10.4 Å². The van der Waals surface area contributed by atoms with Crippen molar-refractivity contribution in [2.45, 2.75) is 51.7 Å². The minimum absolute atomic E-state index is 0.0814. The number of nitrogens with zero attached hydrogens (tertiary/aromatic N) is 1. The summed E-state index contributed by atoms with van der Waals surface area (Å²) in [5, 5.41) is 12.0. The molecule has 15 heavy (non-hydrogen) atoms. The van der Waals surface area contributed by atoms with Gasteiger partial charge in [-0.2, -0.15) is 0 Å². The van der Waals surface area contributed by atoms with Crippen molar-refractivity contribution >= 4 is 5.97 Å². The molecule has 2 unspecified atom stereocenters. The zero-order chi connectivity index (χ0) is 11.6. The summed E-state index contributed by atoms with van der Waals surface area (Å²) in [5.74, 6) is -0.726. The first-order chi connectivity index (χ1) is 6.80. The van der Waals surface area contributed by atoms with Crippen molar-refractivity contribution in [2.75, 3.05) is 13.1 Å². The van der Waals surface area contributed by atoms with Crippen LogP contribution in [0.4, 0.5) is 0 Å². The SMILES string of the molecule is CC1CNC(CC(=O)O)CN1C(C)(C)C. The Kier molecular flexibility index (Phi) is 3.73. The van der Waals surface area contributed by atoms with Crippen molar-refractivity contribution in [2.24, 2.45) is 0 Å². The van der Waals surface area contributed by atoms with Crippen LogP contribution in [-0.4, -0.2) is 46.7 Å². The summed E-state index contributed by atoms with van der Waals surface area (Å²) in [4.78, 5) is 13.0. The van der Waals surface area contributed by atoms with E-state index >= 15 is 0 Å². The molecule has 4 heteroatoms. The average Bonchev–Trinajstić information content (AvgIpc) is 2.05. The Morgan fingerprint density at radius 2 is 2.13 bits per heavy atom. The maximum Gasteiger partial charge on any atom is 0.304 e. The van der Waals surface area contributed by atoms with Crippen molar-refractivity contribution in [3.8, 4) is 0 Å². The van der Waals surface area contributed by atoms with Crippen molar-refractivity contribution in [1.82, 2.24) is 10.2 Å². The molecule has 2 atom stereocenters. The third-order valence-electron chi connectivity index (χ3n) is 2.93. The van der Waals surface area contributed by atoms with Crippen molar-refractivity contribution in [3.05, 3.63) is 0 Å². The summed E-state index contributed by atoms with van der Waals surface area (Å²) in [7, 11) is 0. The van der Waals surface area contributed by atoms with Crippen LogP contribution < -0.4 is 5.32 Å². The number of hydrogen-bond acceptors (Lipinski definition) is 3. The van der Waals surface area contributed by atoms with Crippen LogP contribution in [0.15, 0.2) is 0 Å². The number of carboxylic acid groups (broad SMARTS) is 1. The molecule has 0 aliphatic carbocycles. The molecule has 0 aromatic rings. The molecule has 88 valence electrons. The molecule has 0 amide bonds. The van der Waals surface area contributed by atoms with Crippen LogP contribution in [0.2, 0.25) is 0 Å². The summed E-state index contributed by atoms with van der Waals surface area (Å²) in [5.41, 5.74) is 0.109. The standard InChI is InChI=1S/C11H22N2O2/c1-8-6-12-9(5-10(14)15)7-13(8)11(2,3)4/h8-9,12H,5-7H2,1-4H3,(H,14,15). The smallest absolute Gasteiger partial charge is 0.304 e. The maximum absolute atomic E-state index is 10.6. The predicted molar refractivity (Wildman–Crippen MR) is 60.0 cm³/mol. The summed E-state index contributed by atoms with van der Waals surface area (Å²) >= 11 is 0. The van der Waals surface area contributed by atoms with E-state index in [-0.39, 0.29) is 18.0 Å². The second-order valence-electron chi connectivity index (χ2n) is 5.38. The van der Waals surface area contributed by atoms with E-state index in [1.807, 2.05) is 0 Å². The van der Waals surface area contributed by atoms with Gasteiger partial charge in [-0.1, -0.05) is 0 Å². The van der Waals surface area contributed by atoms with Crippen LogP contribution >= 0.6 is 0 Å². The minimum atomic E-state index is -0.726. The van der Waals surface area contributed by atoms with Crippen LogP contribution in [0.1, 0.15) is 34.1 Å². The second kappa shape index (κ2) is 4.49. The average molecular weight is 214 g/mol. The predicted octanol–water partition coefficient (Wildman–Crippen LogP) is 0.922. The summed E-state index contributed by atoms with van der Waals surface area (Å²) < 4.78 is 0. The van der Waals surface area contributed by atoms with Gasteiger partial charge in [-0.3, -0.25) is 9.69 Å². The Labute approximate surface area is 91.6 Å². The Balaban J connectivity index is 2.60. The Morgan fingerprint density at radius 1 is 1.53 bits per heavy atom. The molecule has 0 saturated carbocycles. The van der Waals surface area contributed by atoms with Gasteiger partial charge in [0.1, 0.15) is 0 Å². The maximum atomic E-state index is 10.6. The van der Waals surface area contributed by atoms with Crippen molar-refractivity contribution in [3.63, 3.8) is 0 Å². The highest BCUT2D eigenvalue weighted by Crippen LogP contribution is 2.20. The van der Waals surface area contributed by atoms with Crippen LogP contribution in [-0.2, 0) is 4.79 Å². The van der Waals surface area contributed by atoms with Crippen molar-refractivity contribution < 1.29 is 9.90 Å². The number of nitrogens with one attached hydrogen (secondary N) is 1. The van der Waals surface area contributed by atoms with Gasteiger partial charge in [-0.25, -0.2) is 0 Å². The fraction of sp³-hybridized carbons (Fsp3) is 0.909. The highest BCUT2D eigenvalue weighted by molar-refractivity contribution is 5.67. The molecule has 0 aromatic heterocycles. The molecule has 0 spiro atoms. The number of carbonyl (C=O) groups is 1. The lowest BCUT2D eigenvalue weighted by Crippen LogP contribution is -2.61. The highest BCUT2D eigenvalue weighted by atomic mass is 16.4. The van der Waals surface area contributed by atoms with E-state index in [9.17, 15) is 4.79 Å². The third-order valence-corrected chi connectivity index (χ3v) is 2.93. The molecule has 1 aliphatic rings. The van der Waals surface area contributed by atoms with Gasteiger partial charge in [-0.15, -0.1) is 0 Å². The Bertz CT molecular complexity index is 235. The van der Waals surface area contributed by atoms with Crippen molar-refractivity contribution in [1.29, 1.82) is 0 Å². The molecule has 0 radical (unpaired) electrons. The number of hydrogen-bond donors (Lipinski definition) is 2. The third kappa shape index (κ3) is 3.47. The Morgan fingerprint density at radius 3 is 2.60 bits per heavy atom. The van der Waals surface area contributed by atoms with E-state index in [0.29, 0.717) is 6.04 Å². The lowest BCUT2D eigenvalue weighted by molar-refractivity contribution is -0.138. The van der Waals surface area contributed by atoms with Crippen LogP contribution in [0.3, 0.4) is 0 Å². The van der Waals surface area contributed by atoms with Crippen LogP contribution in [0.25, 0.3) is 0 Å².